The zero-order valence-corrected chi connectivity index (χ0v) is 10.7. The normalized spacial score (nSPS) is 14.1. The summed E-state index contributed by atoms with van der Waals surface area (Å²) in [6.45, 7) is 3.88. The van der Waals surface area contributed by atoms with Gasteiger partial charge in [-0.15, -0.1) is 0 Å². The molecule has 0 bridgehead atoms. The largest absolute Gasteiger partial charge is 0.467 e. The van der Waals surface area contributed by atoms with Crippen molar-refractivity contribution in [3.05, 3.63) is 35.4 Å². The third-order valence-corrected chi connectivity index (χ3v) is 2.81. The fraction of sp³-hybridized carbons (Fsp3) is 0.462. The first-order valence-electron chi connectivity index (χ1n) is 5.75. The summed E-state index contributed by atoms with van der Waals surface area (Å²) in [4.78, 5) is 11.8. The van der Waals surface area contributed by atoms with Crippen molar-refractivity contribution in [1.82, 2.24) is 5.32 Å². The van der Waals surface area contributed by atoms with Crippen LogP contribution >= 0.6 is 0 Å². The quantitative estimate of drug-likeness (QED) is 0.823. The molecular weight excluding hydrogens is 240 g/mol. The van der Waals surface area contributed by atoms with Gasteiger partial charge in [0.1, 0.15) is 5.54 Å². The van der Waals surface area contributed by atoms with Gasteiger partial charge >= 0.3 is 5.97 Å². The van der Waals surface area contributed by atoms with E-state index in [1.54, 1.807) is 0 Å². The summed E-state index contributed by atoms with van der Waals surface area (Å²) in [6.07, 6.45) is 0.753. The van der Waals surface area contributed by atoms with Crippen molar-refractivity contribution in [2.45, 2.75) is 25.8 Å². The lowest BCUT2D eigenvalue weighted by molar-refractivity contribution is -0.148. The standard InChI is InChI=1S/C13H17F2NO2/c1-4-8-16-13(2,12(17)18-3)9-6-5-7-10(14)11(9)15/h5-7,16H,4,8H2,1-3H3. The number of hydrogen-bond acceptors (Lipinski definition) is 3. The molecule has 0 heterocycles. The molecule has 5 heteroatoms. The van der Waals surface area contributed by atoms with Crippen molar-refractivity contribution in [2.24, 2.45) is 0 Å². The van der Waals surface area contributed by atoms with E-state index in [-0.39, 0.29) is 5.56 Å². The monoisotopic (exact) mass is 257 g/mol. The van der Waals surface area contributed by atoms with Gasteiger partial charge in [0, 0.05) is 5.56 Å². The van der Waals surface area contributed by atoms with Crippen molar-refractivity contribution in [1.29, 1.82) is 0 Å². The average Bonchev–Trinajstić information content (AvgIpc) is 2.38. The van der Waals surface area contributed by atoms with E-state index in [0.29, 0.717) is 6.54 Å². The summed E-state index contributed by atoms with van der Waals surface area (Å²) < 4.78 is 31.7. The highest BCUT2D eigenvalue weighted by atomic mass is 19.2. The molecule has 0 saturated heterocycles. The van der Waals surface area contributed by atoms with E-state index in [0.717, 1.165) is 12.5 Å². The number of benzene rings is 1. The second-order valence-corrected chi connectivity index (χ2v) is 4.14. The van der Waals surface area contributed by atoms with E-state index in [9.17, 15) is 13.6 Å². The lowest BCUT2D eigenvalue weighted by Crippen LogP contribution is -2.48. The Kier molecular flexibility index (Phi) is 4.78. The molecule has 1 unspecified atom stereocenters. The summed E-state index contributed by atoms with van der Waals surface area (Å²) in [7, 11) is 1.21. The summed E-state index contributed by atoms with van der Waals surface area (Å²) in [5, 5.41) is 2.90. The molecule has 1 aromatic rings. The summed E-state index contributed by atoms with van der Waals surface area (Å²) in [5.74, 6) is -2.67. The van der Waals surface area contributed by atoms with Crippen LogP contribution in [0.1, 0.15) is 25.8 Å². The second kappa shape index (κ2) is 5.91. The molecular formula is C13H17F2NO2. The van der Waals surface area contributed by atoms with Gasteiger partial charge in [-0.3, -0.25) is 5.32 Å². The van der Waals surface area contributed by atoms with E-state index in [4.69, 9.17) is 0 Å². The lowest BCUT2D eigenvalue weighted by atomic mass is 9.91. The summed E-state index contributed by atoms with van der Waals surface area (Å²) >= 11 is 0. The van der Waals surface area contributed by atoms with Gasteiger partial charge in [0.25, 0.3) is 0 Å². The van der Waals surface area contributed by atoms with E-state index in [1.165, 1.54) is 26.2 Å². The molecule has 0 fully saturated rings. The summed E-state index contributed by atoms with van der Waals surface area (Å²) in [5.41, 5.74) is -1.44. The maximum absolute atomic E-state index is 13.8. The topological polar surface area (TPSA) is 38.3 Å². The molecule has 1 rings (SSSR count). The number of rotatable bonds is 5. The zero-order chi connectivity index (χ0) is 13.8. The number of carbonyl (C=O) groups excluding carboxylic acids is 1. The van der Waals surface area contributed by atoms with E-state index in [2.05, 4.69) is 10.1 Å². The van der Waals surface area contributed by atoms with E-state index < -0.39 is 23.1 Å². The van der Waals surface area contributed by atoms with Crippen LogP contribution in [-0.4, -0.2) is 19.6 Å². The van der Waals surface area contributed by atoms with Crippen LogP contribution in [0.2, 0.25) is 0 Å². The van der Waals surface area contributed by atoms with Gasteiger partial charge in [-0.05, 0) is 26.0 Å². The minimum atomic E-state index is -1.39. The van der Waals surface area contributed by atoms with Crippen LogP contribution < -0.4 is 5.32 Å². The first-order chi connectivity index (χ1) is 8.47. The molecule has 0 aliphatic heterocycles. The molecule has 0 aromatic heterocycles. The van der Waals surface area contributed by atoms with Gasteiger partial charge < -0.3 is 4.74 Å². The van der Waals surface area contributed by atoms with E-state index >= 15 is 0 Å². The number of esters is 1. The van der Waals surface area contributed by atoms with Crippen LogP contribution in [0.3, 0.4) is 0 Å². The predicted molar refractivity (Wildman–Crippen MR) is 64.0 cm³/mol. The molecule has 0 aliphatic carbocycles. The SMILES string of the molecule is CCCNC(C)(C(=O)OC)c1cccc(F)c1F. The highest BCUT2D eigenvalue weighted by molar-refractivity contribution is 5.82. The smallest absolute Gasteiger partial charge is 0.330 e. The molecule has 18 heavy (non-hydrogen) atoms. The first kappa shape index (κ1) is 14.6. The molecule has 1 atom stereocenters. The third-order valence-electron chi connectivity index (χ3n) is 2.81. The fourth-order valence-corrected chi connectivity index (χ4v) is 1.75. The summed E-state index contributed by atoms with van der Waals surface area (Å²) in [6, 6.07) is 3.75. The average molecular weight is 257 g/mol. The van der Waals surface area contributed by atoms with Crippen molar-refractivity contribution in [3.8, 4) is 0 Å². The molecule has 1 N–H and O–H groups in total. The highest BCUT2D eigenvalue weighted by Gasteiger charge is 2.38. The maximum atomic E-state index is 13.8. The zero-order valence-electron chi connectivity index (χ0n) is 10.7. The van der Waals surface area contributed by atoms with Crippen LogP contribution in [0.25, 0.3) is 0 Å². The molecule has 0 saturated carbocycles. The Morgan fingerprint density at radius 2 is 2.11 bits per heavy atom. The van der Waals surface area contributed by atoms with Crippen molar-refractivity contribution >= 4 is 5.97 Å². The Labute approximate surface area is 105 Å². The van der Waals surface area contributed by atoms with Crippen molar-refractivity contribution in [3.63, 3.8) is 0 Å². The maximum Gasteiger partial charge on any atom is 0.330 e. The molecule has 100 valence electrons. The van der Waals surface area contributed by atoms with Crippen LogP contribution in [0.15, 0.2) is 18.2 Å². The Hall–Kier alpha value is -1.49. The number of carbonyl (C=O) groups is 1. The van der Waals surface area contributed by atoms with Gasteiger partial charge in [-0.1, -0.05) is 19.1 Å². The van der Waals surface area contributed by atoms with Crippen LogP contribution in [0.4, 0.5) is 8.78 Å². The van der Waals surface area contributed by atoms with Crippen molar-refractivity contribution in [2.75, 3.05) is 13.7 Å². The Balaban J connectivity index is 3.25. The lowest BCUT2D eigenvalue weighted by Gasteiger charge is -2.28. The molecule has 0 spiro atoms. The van der Waals surface area contributed by atoms with Crippen LogP contribution in [0.5, 0.6) is 0 Å². The minimum Gasteiger partial charge on any atom is -0.467 e. The molecule has 3 nitrogen and oxygen atoms in total. The minimum absolute atomic E-state index is 0.0530. The third kappa shape index (κ3) is 2.67. The van der Waals surface area contributed by atoms with Gasteiger partial charge in [-0.25, -0.2) is 13.6 Å². The second-order valence-electron chi connectivity index (χ2n) is 4.14. The Bertz CT molecular complexity index is 437. The predicted octanol–water partition coefficient (Wildman–Crippen LogP) is 2.35. The number of nitrogens with one attached hydrogen (secondary N) is 1. The van der Waals surface area contributed by atoms with Gasteiger partial charge in [0.2, 0.25) is 0 Å². The fourth-order valence-electron chi connectivity index (χ4n) is 1.75. The Morgan fingerprint density at radius 1 is 1.44 bits per heavy atom. The van der Waals surface area contributed by atoms with E-state index in [1.807, 2.05) is 6.92 Å². The molecule has 1 aromatic carbocycles. The first-order valence-corrected chi connectivity index (χ1v) is 5.75. The molecule has 0 amide bonds. The van der Waals surface area contributed by atoms with Gasteiger partial charge in [0.05, 0.1) is 7.11 Å². The number of halogens is 2. The highest BCUT2D eigenvalue weighted by Crippen LogP contribution is 2.26. The van der Waals surface area contributed by atoms with Gasteiger partial charge in [0.15, 0.2) is 11.6 Å². The Morgan fingerprint density at radius 3 is 2.67 bits per heavy atom. The number of hydrogen-bond donors (Lipinski definition) is 1. The van der Waals surface area contributed by atoms with Gasteiger partial charge in [-0.2, -0.15) is 0 Å². The van der Waals surface area contributed by atoms with Crippen LogP contribution in [-0.2, 0) is 15.1 Å². The van der Waals surface area contributed by atoms with Crippen LogP contribution in [0, 0.1) is 11.6 Å². The molecule has 0 aliphatic rings. The molecule has 0 radical (unpaired) electrons. The van der Waals surface area contributed by atoms with Crippen molar-refractivity contribution < 1.29 is 18.3 Å². The number of methoxy groups -OCH3 is 1. The number of ether oxygens (including phenoxy) is 1.